The van der Waals surface area contributed by atoms with Crippen LogP contribution in [0, 0.1) is 0 Å². The predicted octanol–water partition coefficient (Wildman–Crippen LogP) is 4.36. The topological polar surface area (TPSA) is 131 Å². The number of amides is 1. The van der Waals surface area contributed by atoms with Crippen LogP contribution in [-0.2, 0) is 20.8 Å². The summed E-state index contributed by atoms with van der Waals surface area (Å²) in [7, 11) is 3.56. The lowest BCUT2D eigenvalue weighted by Crippen LogP contribution is -2.29. The first-order valence-corrected chi connectivity index (χ1v) is 14.2. The number of rotatable bonds is 10. The number of aromatic nitrogens is 4. The fourth-order valence-corrected chi connectivity index (χ4v) is 4.99. The number of likely N-dealkylation sites (N-methyl/N-ethyl adjacent to an activating group) is 1. The lowest BCUT2D eigenvalue weighted by Gasteiger charge is -2.27. The first kappa shape index (κ1) is 28.5. The summed E-state index contributed by atoms with van der Waals surface area (Å²) in [6, 6.07) is 9.11. The van der Waals surface area contributed by atoms with E-state index in [4.69, 9.17) is 28.4 Å². The number of methoxy groups -OCH3 is 1. The molecule has 226 valence electrons. The van der Waals surface area contributed by atoms with Crippen LogP contribution in [0.4, 0.5) is 11.4 Å². The molecule has 4 heterocycles. The Morgan fingerprint density at radius 3 is 2.91 bits per heavy atom. The van der Waals surface area contributed by atoms with Crippen LogP contribution in [0.3, 0.4) is 0 Å². The van der Waals surface area contributed by atoms with Crippen molar-refractivity contribution in [2.75, 3.05) is 44.1 Å². The van der Waals surface area contributed by atoms with Gasteiger partial charge in [0.25, 0.3) is 0 Å². The molecule has 0 spiro atoms. The number of hydrogen-bond donors (Lipinski definition) is 1. The Morgan fingerprint density at radius 1 is 1.16 bits per heavy atom. The molecule has 2 unspecified atom stereocenters. The summed E-state index contributed by atoms with van der Waals surface area (Å²) < 4.78 is 36.4. The van der Waals surface area contributed by atoms with E-state index >= 15 is 0 Å². The Balaban J connectivity index is 1.11. The molecule has 13 heteroatoms. The second-order valence-corrected chi connectivity index (χ2v) is 10.3. The fraction of sp³-hybridized carbons (Fsp3) is 0.400. The summed E-state index contributed by atoms with van der Waals surface area (Å²) in [6.45, 7) is 3.91. The van der Waals surface area contributed by atoms with Crippen LogP contribution in [0.25, 0.3) is 10.9 Å². The van der Waals surface area contributed by atoms with Gasteiger partial charge >= 0.3 is 0 Å². The predicted molar refractivity (Wildman–Crippen MR) is 157 cm³/mol. The van der Waals surface area contributed by atoms with Crippen molar-refractivity contribution in [3.8, 4) is 28.9 Å². The Hall–Kier alpha value is -4.62. The number of carbonyl (C=O) groups excluding carboxylic acids is 1. The van der Waals surface area contributed by atoms with Gasteiger partial charge in [-0.15, -0.1) is 0 Å². The van der Waals surface area contributed by atoms with Gasteiger partial charge in [-0.2, -0.15) is 5.10 Å². The summed E-state index contributed by atoms with van der Waals surface area (Å²) >= 11 is 0. The van der Waals surface area contributed by atoms with Crippen LogP contribution < -0.4 is 29.2 Å². The molecule has 2 aliphatic rings. The van der Waals surface area contributed by atoms with Crippen LogP contribution >= 0.6 is 0 Å². The lowest BCUT2D eigenvalue weighted by atomic mass is 10.2. The zero-order valence-corrected chi connectivity index (χ0v) is 24.3. The van der Waals surface area contributed by atoms with Crippen LogP contribution in [0.5, 0.6) is 28.9 Å². The van der Waals surface area contributed by atoms with Crippen LogP contribution in [0.2, 0.25) is 0 Å². The zero-order valence-electron chi connectivity index (χ0n) is 24.3. The van der Waals surface area contributed by atoms with Crippen LogP contribution in [0.1, 0.15) is 26.2 Å². The minimum absolute atomic E-state index is 0.00754. The highest BCUT2D eigenvalue weighted by atomic mass is 16.8. The summed E-state index contributed by atoms with van der Waals surface area (Å²) in [5.41, 5.74) is 2.23. The van der Waals surface area contributed by atoms with Crippen molar-refractivity contribution in [2.24, 2.45) is 0 Å². The van der Waals surface area contributed by atoms with Crippen molar-refractivity contribution >= 4 is 28.2 Å². The van der Waals surface area contributed by atoms with E-state index in [-0.39, 0.29) is 18.7 Å². The molecular weight excluding hydrogens is 556 g/mol. The third-order valence-corrected chi connectivity index (χ3v) is 7.13. The van der Waals surface area contributed by atoms with Gasteiger partial charge < -0.3 is 38.6 Å². The fourth-order valence-electron chi connectivity index (χ4n) is 4.99. The molecule has 2 aromatic carbocycles. The minimum Gasteiger partial charge on any atom is -0.493 e. The average molecular weight is 591 g/mol. The summed E-state index contributed by atoms with van der Waals surface area (Å²) in [4.78, 5) is 23.5. The van der Waals surface area contributed by atoms with Gasteiger partial charge in [-0.05, 0) is 44.4 Å². The van der Waals surface area contributed by atoms with Crippen LogP contribution in [-0.4, -0.2) is 72.2 Å². The minimum atomic E-state index is -0.558. The first-order chi connectivity index (χ1) is 20.9. The van der Waals surface area contributed by atoms with E-state index in [1.54, 1.807) is 25.4 Å². The SMILES string of the molecule is COc1cc2c(Oc3cnn(CC(=O)Nc4ccc5c(c4)OCCN5C)c3)ncnc2cc1OC(C)OC1CCCCO1. The van der Waals surface area contributed by atoms with Gasteiger partial charge in [0.2, 0.25) is 11.8 Å². The van der Waals surface area contributed by atoms with Crippen molar-refractivity contribution in [3.63, 3.8) is 0 Å². The van der Waals surface area contributed by atoms with E-state index in [1.165, 1.54) is 17.2 Å². The van der Waals surface area contributed by atoms with Gasteiger partial charge in [0, 0.05) is 31.5 Å². The maximum absolute atomic E-state index is 12.7. The summed E-state index contributed by atoms with van der Waals surface area (Å²) in [5, 5.41) is 7.77. The van der Waals surface area contributed by atoms with E-state index in [0.717, 1.165) is 37.2 Å². The molecule has 0 radical (unpaired) electrons. The largest absolute Gasteiger partial charge is 0.493 e. The van der Waals surface area contributed by atoms with E-state index in [0.29, 0.717) is 52.9 Å². The second kappa shape index (κ2) is 12.7. The molecule has 1 N–H and O–H groups in total. The van der Waals surface area contributed by atoms with E-state index in [1.807, 2.05) is 32.2 Å². The number of hydrogen-bond acceptors (Lipinski definition) is 11. The molecule has 43 heavy (non-hydrogen) atoms. The second-order valence-electron chi connectivity index (χ2n) is 10.3. The van der Waals surface area contributed by atoms with Gasteiger partial charge in [-0.25, -0.2) is 9.97 Å². The van der Waals surface area contributed by atoms with Crippen molar-refractivity contribution in [1.82, 2.24) is 19.7 Å². The monoisotopic (exact) mass is 590 g/mol. The standard InChI is InChI=1S/C30H34N6O7/c1-19(42-29-6-4-5-10-40-29)41-27-14-23-22(13-26(27)38-3)30(32-18-31-23)43-21-15-33-36(16-21)17-28(37)34-20-7-8-24-25(12-20)39-11-9-35(24)2/h7-8,12-16,18-19,29H,4-6,9-11,17H2,1-3H3,(H,34,37). The zero-order chi connectivity index (χ0) is 29.8. The Kier molecular flexibility index (Phi) is 8.43. The van der Waals surface area contributed by atoms with E-state index in [9.17, 15) is 4.79 Å². The smallest absolute Gasteiger partial charge is 0.246 e. The normalized spacial score (nSPS) is 17.1. The number of nitrogens with zero attached hydrogens (tertiary/aromatic N) is 5. The van der Waals surface area contributed by atoms with Crippen molar-refractivity contribution < 1.29 is 33.2 Å². The molecule has 6 rings (SSSR count). The number of fused-ring (bicyclic) bond motifs is 2. The molecule has 13 nitrogen and oxygen atoms in total. The number of carbonyl (C=O) groups is 1. The molecule has 4 aromatic rings. The molecule has 1 saturated heterocycles. The third kappa shape index (κ3) is 6.73. The van der Waals surface area contributed by atoms with Crippen molar-refractivity contribution in [2.45, 2.75) is 45.3 Å². The maximum atomic E-state index is 12.7. The first-order valence-electron chi connectivity index (χ1n) is 14.2. The molecule has 1 fully saturated rings. The third-order valence-electron chi connectivity index (χ3n) is 7.13. The molecular formula is C30H34N6O7. The highest BCUT2D eigenvalue weighted by molar-refractivity contribution is 5.91. The van der Waals surface area contributed by atoms with Crippen LogP contribution in [0.15, 0.2) is 49.1 Å². The van der Waals surface area contributed by atoms with Crippen molar-refractivity contribution in [1.29, 1.82) is 0 Å². The Morgan fingerprint density at radius 2 is 2.07 bits per heavy atom. The molecule has 1 amide bonds. The molecule has 2 aromatic heterocycles. The maximum Gasteiger partial charge on any atom is 0.246 e. The number of benzene rings is 2. The average Bonchev–Trinajstić information content (AvgIpc) is 3.43. The molecule has 0 saturated carbocycles. The molecule has 0 aliphatic carbocycles. The molecule has 0 bridgehead atoms. The molecule has 2 aliphatic heterocycles. The summed E-state index contributed by atoms with van der Waals surface area (Å²) in [6.07, 6.45) is 6.64. The molecule has 2 atom stereocenters. The van der Waals surface area contributed by atoms with Gasteiger partial charge in [-0.3, -0.25) is 9.48 Å². The number of nitrogens with one attached hydrogen (secondary N) is 1. The van der Waals surface area contributed by atoms with Gasteiger partial charge in [0.15, 0.2) is 29.8 Å². The van der Waals surface area contributed by atoms with Gasteiger partial charge in [0.05, 0.1) is 42.6 Å². The highest BCUT2D eigenvalue weighted by Crippen LogP contribution is 2.37. The van der Waals surface area contributed by atoms with Crippen molar-refractivity contribution in [3.05, 3.63) is 49.1 Å². The Bertz CT molecular complexity index is 1590. The van der Waals surface area contributed by atoms with Gasteiger partial charge in [0.1, 0.15) is 25.2 Å². The van der Waals surface area contributed by atoms with E-state index < -0.39 is 6.29 Å². The Labute approximate surface area is 248 Å². The highest BCUT2D eigenvalue weighted by Gasteiger charge is 2.21. The quantitative estimate of drug-likeness (QED) is 0.264. The number of anilines is 2. The van der Waals surface area contributed by atoms with E-state index in [2.05, 4.69) is 25.3 Å². The lowest BCUT2D eigenvalue weighted by molar-refractivity contribution is -0.225. The number of ether oxygens (including phenoxy) is 6. The summed E-state index contributed by atoms with van der Waals surface area (Å²) in [5.74, 6) is 2.16. The van der Waals surface area contributed by atoms with Gasteiger partial charge in [-0.1, -0.05) is 0 Å².